The topological polar surface area (TPSA) is 83.8 Å². The van der Waals surface area contributed by atoms with Gasteiger partial charge in [0.15, 0.2) is 11.5 Å². The number of para-hydroxylation sites is 2. The first kappa shape index (κ1) is 27.8. The predicted octanol–water partition coefficient (Wildman–Crippen LogP) is 5.63. The van der Waals surface area contributed by atoms with Gasteiger partial charge in [-0.15, -0.1) is 0 Å². The van der Waals surface area contributed by atoms with E-state index in [-0.39, 0.29) is 5.91 Å². The zero-order valence-electron chi connectivity index (χ0n) is 23.3. The minimum Gasteiger partial charge on any atom is -0.493 e. The fraction of sp³-hybridized carbons (Fsp3) is 0.355. The van der Waals surface area contributed by atoms with Gasteiger partial charge in [0.2, 0.25) is 5.75 Å². The number of hydrogen-bond acceptors (Lipinski definition) is 6. The van der Waals surface area contributed by atoms with Crippen LogP contribution in [-0.2, 0) is 13.0 Å². The third kappa shape index (κ3) is 6.45. The average molecular weight is 532 g/mol. The van der Waals surface area contributed by atoms with Crippen molar-refractivity contribution in [2.75, 3.05) is 34.5 Å². The first-order chi connectivity index (χ1) is 19.0. The number of fused-ring (bicyclic) bond motifs is 1. The number of rotatable bonds is 13. The highest BCUT2D eigenvalue weighted by molar-refractivity contribution is 5.95. The molecule has 1 aromatic heterocycles. The van der Waals surface area contributed by atoms with Gasteiger partial charge in [0.25, 0.3) is 5.91 Å². The molecule has 0 aliphatic heterocycles. The molecule has 1 amide bonds. The third-order valence-electron chi connectivity index (χ3n) is 6.94. The fourth-order valence-electron chi connectivity index (χ4n) is 4.55. The molecule has 1 N–H and O–H groups in total. The molecule has 8 heteroatoms. The number of aromatic nitrogens is 2. The normalized spacial score (nSPS) is 11.7. The molecular weight excluding hydrogens is 494 g/mol. The Morgan fingerprint density at radius 1 is 0.974 bits per heavy atom. The Balaban J connectivity index is 1.42. The van der Waals surface area contributed by atoms with Crippen molar-refractivity contribution in [2.45, 2.75) is 39.2 Å². The van der Waals surface area contributed by atoms with Crippen molar-refractivity contribution in [3.63, 3.8) is 0 Å². The molecule has 8 nitrogen and oxygen atoms in total. The second-order valence-corrected chi connectivity index (χ2v) is 9.32. The lowest BCUT2D eigenvalue weighted by Gasteiger charge is -2.14. The van der Waals surface area contributed by atoms with E-state index in [0.29, 0.717) is 54.8 Å². The van der Waals surface area contributed by atoms with Crippen molar-refractivity contribution < 1.29 is 23.7 Å². The van der Waals surface area contributed by atoms with E-state index in [1.165, 1.54) is 26.9 Å². The molecule has 0 radical (unpaired) electrons. The van der Waals surface area contributed by atoms with Crippen molar-refractivity contribution in [1.82, 2.24) is 14.9 Å². The summed E-state index contributed by atoms with van der Waals surface area (Å²) in [7, 11) is 4.57. The van der Waals surface area contributed by atoms with Crippen LogP contribution in [0, 0.1) is 0 Å². The summed E-state index contributed by atoms with van der Waals surface area (Å²) in [5, 5.41) is 2.98. The van der Waals surface area contributed by atoms with Gasteiger partial charge in [0.1, 0.15) is 18.2 Å². The summed E-state index contributed by atoms with van der Waals surface area (Å²) >= 11 is 0. The Kier molecular flexibility index (Phi) is 9.31. The molecule has 0 spiro atoms. The lowest BCUT2D eigenvalue weighted by molar-refractivity contribution is 0.0953. The first-order valence-electron chi connectivity index (χ1n) is 13.2. The van der Waals surface area contributed by atoms with Crippen LogP contribution in [0.2, 0.25) is 0 Å². The lowest BCUT2D eigenvalue weighted by atomic mass is 9.99. The number of carbonyl (C=O) groups excluding carboxylic acids is 1. The molecule has 206 valence electrons. The summed E-state index contributed by atoms with van der Waals surface area (Å²) in [6.07, 6.45) is 1.67. The maximum Gasteiger partial charge on any atom is 0.251 e. The van der Waals surface area contributed by atoms with Gasteiger partial charge in [-0.3, -0.25) is 4.79 Å². The van der Waals surface area contributed by atoms with E-state index in [1.807, 2.05) is 30.3 Å². The molecule has 39 heavy (non-hydrogen) atoms. The van der Waals surface area contributed by atoms with Gasteiger partial charge >= 0.3 is 0 Å². The quantitative estimate of drug-likeness (QED) is 0.241. The number of amides is 1. The molecule has 1 atom stereocenters. The van der Waals surface area contributed by atoms with Gasteiger partial charge in [-0.1, -0.05) is 38.1 Å². The molecule has 0 fully saturated rings. The Labute approximate surface area is 229 Å². The molecule has 0 bridgehead atoms. The number of benzene rings is 3. The van der Waals surface area contributed by atoms with Crippen LogP contribution >= 0.6 is 0 Å². The number of methoxy groups -OCH3 is 3. The van der Waals surface area contributed by atoms with Crippen molar-refractivity contribution in [3.8, 4) is 23.0 Å². The Morgan fingerprint density at radius 3 is 2.31 bits per heavy atom. The highest BCUT2D eigenvalue weighted by Gasteiger charge is 2.17. The highest BCUT2D eigenvalue weighted by Crippen LogP contribution is 2.38. The Morgan fingerprint density at radius 2 is 1.67 bits per heavy atom. The maximum atomic E-state index is 12.9. The van der Waals surface area contributed by atoms with Gasteiger partial charge in [-0.2, -0.15) is 0 Å². The fourth-order valence-corrected chi connectivity index (χ4v) is 4.55. The van der Waals surface area contributed by atoms with Crippen LogP contribution < -0.4 is 24.3 Å². The maximum absolute atomic E-state index is 12.9. The highest BCUT2D eigenvalue weighted by atomic mass is 16.5. The zero-order valence-corrected chi connectivity index (χ0v) is 23.3. The molecule has 4 aromatic rings. The van der Waals surface area contributed by atoms with Gasteiger partial charge in [-0.05, 0) is 54.3 Å². The largest absolute Gasteiger partial charge is 0.493 e. The van der Waals surface area contributed by atoms with E-state index in [1.54, 1.807) is 12.1 Å². The second-order valence-electron chi connectivity index (χ2n) is 9.32. The van der Waals surface area contributed by atoms with Crippen molar-refractivity contribution in [2.24, 2.45) is 0 Å². The first-order valence-corrected chi connectivity index (χ1v) is 13.2. The summed E-state index contributed by atoms with van der Waals surface area (Å²) in [6, 6.07) is 19.7. The van der Waals surface area contributed by atoms with Gasteiger partial charge in [-0.25, -0.2) is 4.98 Å². The molecule has 0 aliphatic rings. The molecule has 1 heterocycles. The smallest absolute Gasteiger partial charge is 0.251 e. The number of imidazole rings is 1. The number of hydrogen-bond donors (Lipinski definition) is 1. The van der Waals surface area contributed by atoms with E-state index < -0.39 is 0 Å². The Bertz CT molecular complexity index is 1370. The van der Waals surface area contributed by atoms with Crippen LogP contribution in [0.3, 0.4) is 0 Å². The summed E-state index contributed by atoms with van der Waals surface area (Å²) in [5.41, 5.74) is 3.70. The zero-order chi connectivity index (χ0) is 27.8. The number of nitrogens with one attached hydrogen (secondary N) is 1. The number of ether oxygens (including phenoxy) is 4. The van der Waals surface area contributed by atoms with Gasteiger partial charge in [0, 0.05) is 18.5 Å². The van der Waals surface area contributed by atoms with E-state index in [0.717, 1.165) is 29.0 Å². The number of nitrogens with zero attached hydrogens (tertiary/aromatic N) is 2. The van der Waals surface area contributed by atoms with Gasteiger partial charge in [0.05, 0.1) is 38.9 Å². The summed E-state index contributed by atoms with van der Waals surface area (Å²) < 4.78 is 24.3. The summed E-state index contributed by atoms with van der Waals surface area (Å²) in [4.78, 5) is 17.8. The van der Waals surface area contributed by atoms with E-state index in [9.17, 15) is 4.79 Å². The lowest BCUT2D eigenvalue weighted by Crippen LogP contribution is -2.27. The molecule has 4 rings (SSSR count). The van der Waals surface area contributed by atoms with Crippen molar-refractivity contribution in [1.29, 1.82) is 0 Å². The molecule has 1 unspecified atom stereocenters. The molecule has 0 saturated carbocycles. The van der Waals surface area contributed by atoms with Crippen LogP contribution in [0.5, 0.6) is 23.0 Å². The molecule has 0 aliphatic carbocycles. The third-order valence-corrected chi connectivity index (χ3v) is 6.94. The predicted molar refractivity (Wildman–Crippen MR) is 153 cm³/mol. The van der Waals surface area contributed by atoms with Crippen LogP contribution in [0.4, 0.5) is 0 Å². The molecule has 0 saturated heterocycles. The average Bonchev–Trinajstić information content (AvgIpc) is 3.33. The molecular formula is C31H37N3O5. The van der Waals surface area contributed by atoms with E-state index in [2.05, 4.69) is 41.9 Å². The Hall–Kier alpha value is -4.20. The van der Waals surface area contributed by atoms with E-state index in [4.69, 9.17) is 23.9 Å². The minimum atomic E-state index is -0.235. The SMILES string of the molecule is CCC(C)c1ccc(OCCn2c(CCNC(=O)c3cc(OC)c(OC)c(OC)c3)nc3ccccc32)cc1. The van der Waals surface area contributed by atoms with Crippen LogP contribution in [-0.4, -0.2) is 49.9 Å². The van der Waals surface area contributed by atoms with Crippen LogP contribution in [0.25, 0.3) is 11.0 Å². The monoisotopic (exact) mass is 531 g/mol. The standard InChI is InChI=1S/C31H37N3O5/c1-6-21(2)22-11-13-24(14-12-22)39-18-17-34-26-10-8-7-9-25(26)33-29(34)15-16-32-31(35)23-19-27(36-3)30(38-5)28(20-23)37-4/h7-14,19-21H,6,15-18H2,1-5H3,(H,32,35). The van der Waals surface area contributed by atoms with Gasteiger partial charge < -0.3 is 28.8 Å². The minimum absolute atomic E-state index is 0.235. The second kappa shape index (κ2) is 13.0. The van der Waals surface area contributed by atoms with Crippen molar-refractivity contribution in [3.05, 3.63) is 77.6 Å². The number of carbonyl (C=O) groups is 1. The summed E-state index contributed by atoms with van der Waals surface area (Å²) in [6.45, 7) is 5.99. The summed E-state index contributed by atoms with van der Waals surface area (Å²) in [5.74, 6) is 3.34. The van der Waals surface area contributed by atoms with Crippen LogP contribution in [0.15, 0.2) is 60.7 Å². The molecule has 3 aromatic carbocycles. The van der Waals surface area contributed by atoms with E-state index >= 15 is 0 Å². The van der Waals surface area contributed by atoms with Crippen LogP contribution in [0.1, 0.15) is 47.9 Å². The van der Waals surface area contributed by atoms with Crippen molar-refractivity contribution >= 4 is 16.9 Å².